The molecular weight excluding hydrogens is 270 g/mol. The average molecular weight is 296 g/mol. The third kappa shape index (κ3) is 2.50. The molecule has 0 aromatic carbocycles. The number of hydrogen-bond donors (Lipinski definition) is 1. The number of aromatic nitrogens is 2. The molecule has 112 valence electrons. The van der Waals surface area contributed by atoms with Gasteiger partial charge < -0.3 is 5.32 Å². The summed E-state index contributed by atoms with van der Waals surface area (Å²) in [5.41, 5.74) is 2.14. The van der Waals surface area contributed by atoms with E-state index in [4.69, 9.17) is 11.6 Å². The normalized spacial score (nSPS) is 30.1. The van der Waals surface area contributed by atoms with Crippen LogP contribution in [-0.4, -0.2) is 15.8 Å². The molecule has 1 aromatic heterocycles. The molecule has 0 amide bonds. The zero-order valence-corrected chi connectivity index (χ0v) is 13.6. The Morgan fingerprint density at radius 3 is 2.75 bits per heavy atom. The highest BCUT2D eigenvalue weighted by Gasteiger charge is 2.41. The highest BCUT2D eigenvalue weighted by atomic mass is 35.5. The molecule has 1 N–H and O–H groups in total. The Bertz CT molecular complexity index is 482. The lowest BCUT2D eigenvalue weighted by Crippen LogP contribution is -2.36. The maximum Gasteiger partial charge on any atom is 0.0863 e. The van der Waals surface area contributed by atoms with Crippen LogP contribution < -0.4 is 5.32 Å². The van der Waals surface area contributed by atoms with Crippen LogP contribution in [0.2, 0.25) is 5.02 Å². The van der Waals surface area contributed by atoms with Crippen LogP contribution in [0, 0.1) is 17.8 Å². The Morgan fingerprint density at radius 2 is 2.20 bits per heavy atom. The van der Waals surface area contributed by atoms with Gasteiger partial charge in [0.2, 0.25) is 0 Å². The number of halogens is 1. The molecule has 4 unspecified atom stereocenters. The first-order valence-electron chi connectivity index (χ1n) is 8.03. The van der Waals surface area contributed by atoms with Crippen LogP contribution in [0.1, 0.15) is 50.9 Å². The number of rotatable bonds is 5. The van der Waals surface area contributed by atoms with Gasteiger partial charge >= 0.3 is 0 Å². The van der Waals surface area contributed by atoms with Crippen molar-refractivity contribution in [3.8, 4) is 0 Å². The number of nitrogens with one attached hydrogen (secondary N) is 1. The van der Waals surface area contributed by atoms with E-state index < -0.39 is 0 Å². The van der Waals surface area contributed by atoms with Crippen molar-refractivity contribution in [1.82, 2.24) is 15.1 Å². The molecule has 2 aliphatic carbocycles. The number of aryl methyl sites for hydroxylation is 2. The fourth-order valence-electron chi connectivity index (χ4n) is 4.33. The van der Waals surface area contributed by atoms with Crippen LogP contribution in [-0.2, 0) is 20.0 Å². The SMILES string of the molecule is CCc1nn(C)c(CNC(C)C2CC3CCC2C3)c1Cl. The van der Waals surface area contributed by atoms with Crippen LogP contribution in [0.5, 0.6) is 0 Å². The monoisotopic (exact) mass is 295 g/mol. The quantitative estimate of drug-likeness (QED) is 0.900. The maximum absolute atomic E-state index is 6.41. The van der Waals surface area contributed by atoms with E-state index in [9.17, 15) is 0 Å². The van der Waals surface area contributed by atoms with E-state index in [2.05, 4.69) is 24.3 Å². The second-order valence-corrected chi connectivity index (χ2v) is 7.07. The van der Waals surface area contributed by atoms with Gasteiger partial charge in [0.1, 0.15) is 0 Å². The maximum atomic E-state index is 6.41. The number of fused-ring (bicyclic) bond motifs is 2. The van der Waals surface area contributed by atoms with Gasteiger partial charge in [0.05, 0.1) is 16.4 Å². The number of hydrogen-bond acceptors (Lipinski definition) is 2. The van der Waals surface area contributed by atoms with Crippen molar-refractivity contribution in [2.75, 3.05) is 0 Å². The van der Waals surface area contributed by atoms with Gasteiger partial charge in [-0.15, -0.1) is 0 Å². The summed E-state index contributed by atoms with van der Waals surface area (Å²) in [7, 11) is 1.99. The summed E-state index contributed by atoms with van der Waals surface area (Å²) in [5, 5.41) is 9.04. The smallest absolute Gasteiger partial charge is 0.0863 e. The van der Waals surface area contributed by atoms with Gasteiger partial charge in [-0.25, -0.2) is 0 Å². The molecule has 0 spiro atoms. The van der Waals surface area contributed by atoms with Crippen LogP contribution >= 0.6 is 11.6 Å². The summed E-state index contributed by atoms with van der Waals surface area (Å²) in [6.07, 6.45) is 6.73. The molecule has 1 aromatic rings. The van der Waals surface area contributed by atoms with Crippen molar-refractivity contribution < 1.29 is 0 Å². The van der Waals surface area contributed by atoms with Gasteiger partial charge in [0, 0.05) is 19.6 Å². The molecule has 2 bridgehead atoms. The molecule has 20 heavy (non-hydrogen) atoms. The lowest BCUT2D eigenvalue weighted by molar-refractivity contribution is 0.258. The lowest BCUT2D eigenvalue weighted by Gasteiger charge is -2.28. The van der Waals surface area contributed by atoms with Gasteiger partial charge in [0.25, 0.3) is 0 Å². The Balaban J connectivity index is 1.60. The van der Waals surface area contributed by atoms with Gasteiger partial charge in [0.15, 0.2) is 0 Å². The van der Waals surface area contributed by atoms with E-state index >= 15 is 0 Å². The lowest BCUT2D eigenvalue weighted by atomic mass is 9.84. The molecule has 2 saturated carbocycles. The first-order valence-corrected chi connectivity index (χ1v) is 8.41. The number of nitrogens with zero attached hydrogens (tertiary/aromatic N) is 2. The van der Waals surface area contributed by atoms with E-state index in [1.165, 1.54) is 25.7 Å². The highest BCUT2D eigenvalue weighted by Crippen LogP contribution is 2.49. The first kappa shape index (κ1) is 14.4. The van der Waals surface area contributed by atoms with Crippen molar-refractivity contribution in [2.24, 2.45) is 24.8 Å². The zero-order valence-electron chi connectivity index (χ0n) is 12.8. The standard InChI is InChI=1S/C16H26ClN3/c1-4-14-16(17)15(20(3)19-14)9-18-10(2)13-8-11-5-6-12(13)7-11/h10-13,18H,4-9H2,1-3H3. The fourth-order valence-corrected chi connectivity index (χ4v) is 4.69. The molecule has 2 aliphatic rings. The van der Waals surface area contributed by atoms with E-state index in [1.54, 1.807) is 0 Å². The molecular formula is C16H26ClN3. The molecule has 4 heteroatoms. The van der Waals surface area contributed by atoms with Crippen LogP contribution in [0.4, 0.5) is 0 Å². The van der Waals surface area contributed by atoms with E-state index in [1.807, 2.05) is 11.7 Å². The van der Waals surface area contributed by atoms with E-state index in [0.29, 0.717) is 6.04 Å². The highest BCUT2D eigenvalue weighted by molar-refractivity contribution is 6.31. The Morgan fingerprint density at radius 1 is 1.40 bits per heavy atom. The molecule has 4 atom stereocenters. The minimum Gasteiger partial charge on any atom is -0.308 e. The van der Waals surface area contributed by atoms with E-state index in [-0.39, 0.29) is 0 Å². The fraction of sp³-hybridized carbons (Fsp3) is 0.812. The average Bonchev–Trinajstić information content (AvgIpc) is 3.12. The summed E-state index contributed by atoms with van der Waals surface area (Å²) >= 11 is 6.41. The Hall–Kier alpha value is -0.540. The van der Waals surface area contributed by atoms with Gasteiger partial charge in [-0.05, 0) is 50.4 Å². The summed E-state index contributed by atoms with van der Waals surface area (Å²) in [5.74, 6) is 2.85. The van der Waals surface area contributed by atoms with Crippen LogP contribution in [0.3, 0.4) is 0 Å². The van der Waals surface area contributed by atoms with Crippen molar-refractivity contribution in [3.63, 3.8) is 0 Å². The van der Waals surface area contributed by atoms with Crippen molar-refractivity contribution in [3.05, 3.63) is 16.4 Å². The molecule has 2 fully saturated rings. The second kappa shape index (κ2) is 5.69. The van der Waals surface area contributed by atoms with Gasteiger partial charge in [-0.3, -0.25) is 4.68 Å². The molecule has 0 saturated heterocycles. The minimum atomic E-state index is 0.585. The van der Waals surface area contributed by atoms with Crippen molar-refractivity contribution >= 4 is 11.6 Å². The summed E-state index contributed by atoms with van der Waals surface area (Å²) < 4.78 is 1.93. The summed E-state index contributed by atoms with van der Waals surface area (Å²) in [6, 6.07) is 0.585. The van der Waals surface area contributed by atoms with Crippen LogP contribution in [0.15, 0.2) is 0 Å². The molecule has 3 rings (SSSR count). The topological polar surface area (TPSA) is 29.9 Å². The predicted molar refractivity (Wildman–Crippen MR) is 82.8 cm³/mol. The zero-order chi connectivity index (χ0) is 14.3. The summed E-state index contributed by atoms with van der Waals surface area (Å²) in [4.78, 5) is 0. The third-order valence-electron chi connectivity index (χ3n) is 5.53. The largest absolute Gasteiger partial charge is 0.308 e. The Labute approximate surface area is 127 Å². The minimum absolute atomic E-state index is 0.585. The summed E-state index contributed by atoms with van der Waals surface area (Å²) in [6.45, 7) is 5.27. The van der Waals surface area contributed by atoms with Crippen molar-refractivity contribution in [2.45, 2.75) is 58.5 Å². The van der Waals surface area contributed by atoms with Gasteiger partial charge in [-0.1, -0.05) is 24.9 Å². The van der Waals surface area contributed by atoms with Gasteiger partial charge in [-0.2, -0.15) is 5.10 Å². The van der Waals surface area contributed by atoms with E-state index in [0.717, 1.165) is 47.1 Å². The third-order valence-corrected chi connectivity index (χ3v) is 5.97. The first-order chi connectivity index (χ1) is 9.60. The second-order valence-electron chi connectivity index (χ2n) is 6.69. The molecule has 1 heterocycles. The van der Waals surface area contributed by atoms with Crippen LogP contribution in [0.25, 0.3) is 0 Å². The van der Waals surface area contributed by atoms with Crippen molar-refractivity contribution in [1.29, 1.82) is 0 Å². The Kier molecular flexibility index (Phi) is 4.09. The molecule has 0 radical (unpaired) electrons. The molecule has 3 nitrogen and oxygen atoms in total. The predicted octanol–water partition coefficient (Wildman–Crippen LogP) is 3.55. The molecule has 0 aliphatic heterocycles.